The number of nitrogens with one attached hydrogen (secondary N) is 2. The number of hydrogen-bond acceptors (Lipinski definition) is 3. The number of carbonyl (C=O) groups excluding carboxylic acids is 1. The first-order valence-corrected chi connectivity index (χ1v) is 8.33. The fraction of sp³-hybridized carbons (Fsp3) is 0.611. The van der Waals surface area contributed by atoms with Gasteiger partial charge < -0.3 is 16.4 Å². The van der Waals surface area contributed by atoms with E-state index in [2.05, 4.69) is 43.5 Å². The van der Waals surface area contributed by atoms with Gasteiger partial charge in [0.2, 0.25) is 5.91 Å². The molecule has 0 aliphatic rings. The molecule has 0 radical (unpaired) electrons. The van der Waals surface area contributed by atoms with Crippen molar-refractivity contribution in [3.8, 4) is 0 Å². The van der Waals surface area contributed by atoms with Crippen molar-refractivity contribution in [3.05, 3.63) is 35.9 Å². The van der Waals surface area contributed by atoms with Crippen molar-refractivity contribution in [2.45, 2.75) is 52.1 Å². The Morgan fingerprint density at radius 2 is 1.86 bits per heavy atom. The molecule has 2 atom stereocenters. The maximum atomic E-state index is 12.2. The van der Waals surface area contributed by atoms with Gasteiger partial charge in [0.15, 0.2) is 0 Å². The molecule has 0 bridgehead atoms. The number of hydrogen-bond donors (Lipinski definition) is 3. The average molecular weight is 305 g/mol. The van der Waals surface area contributed by atoms with Crippen LogP contribution in [0.5, 0.6) is 0 Å². The highest BCUT2D eigenvalue weighted by molar-refractivity contribution is 5.81. The van der Waals surface area contributed by atoms with Crippen molar-refractivity contribution in [2.75, 3.05) is 13.1 Å². The van der Waals surface area contributed by atoms with Crippen LogP contribution in [-0.4, -0.2) is 31.1 Å². The SMILES string of the molecule is CCC[C@H](NC[C@@H](N)Cc1ccccc1)C(=O)NCC(C)C. The van der Waals surface area contributed by atoms with E-state index < -0.39 is 0 Å². The molecule has 0 fully saturated rings. The molecule has 4 N–H and O–H groups in total. The standard InChI is InChI=1S/C18H31N3O/c1-4-8-17(18(22)21-12-14(2)3)20-13-16(19)11-15-9-6-5-7-10-15/h5-7,9-10,14,16-17,20H,4,8,11-13,19H2,1-3H3,(H,21,22)/t16-,17-/m0/s1. The molecule has 0 unspecified atom stereocenters. The van der Waals surface area contributed by atoms with Crippen molar-refractivity contribution in [1.29, 1.82) is 0 Å². The van der Waals surface area contributed by atoms with E-state index in [1.54, 1.807) is 0 Å². The van der Waals surface area contributed by atoms with Crippen molar-refractivity contribution in [3.63, 3.8) is 0 Å². The molecule has 0 heterocycles. The molecule has 0 aliphatic carbocycles. The third kappa shape index (κ3) is 7.57. The number of benzene rings is 1. The van der Waals surface area contributed by atoms with Crippen LogP contribution >= 0.6 is 0 Å². The second-order valence-electron chi connectivity index (χ2n) is 6.34. The Morgan fingerprint density at radius 1 is 1.18 bits per heavy atom. The second kappa shape index (κ2) is 10.4. The van der Waals surface area contributed by atoms with Crippen LogP contribution in [0.1, 0.15) is 39.2 Å². The minimum absolute atomic E-state index is 0.0136. The maximum absolute atomic E-state index is 12.2. The highest BCUT2D eigenvalue weighted by Gasteiger charge is 2.18. The van der Waals surface area contributed by atoms with Gasteiger partial charge in [-0.15, -0.1) is 0 Å². The Balaban J connectivity index is 2.40. The topological polar surface area (TPSA) is 67.1 Å². The molecule has 1 rings (SSSR count). The predicted molar refractivity (Wildman–Crippen MR) is 92.7 cm³/mol. The minimum atomic E-state index is -0.148. The molecule has 0 spiro atoms. The third-order valence-corrected chi connectivity index (χ3v) is 3.55. The van der Waals surface area contributed by atoms with Gasteiger partial charge in [-0.05, 0) is 24.3 Å². The van der Waals surface area contributed by atoms with E-state index in [9.17, 15) is 4.79 Å². The number of carbonyl (C=O) groups is 1. The lowest BCUT2D eigenvalue weighted by molar-refractivity contribution is -0.123. The fourth-order valence-corrected chi connectivity index (χ4v) is 2.33. The highest BCUT2D eigenvalue weighted by atomic mass is 16.2. The molecule has 22 heavy (non-hydrogen) atoms. The maximum Gasteiger partial charge on any atom is 0.237 e. The van der Waals surface area contributed by atoms with E-state index in [0.29, 0.717) is 12.5 Å². The second-order valence-corrected chi connectivity index (χ2v) is 6.34. The largest absolute Gasteiger partial charge is 0.354 e. The summed E-state index contributed by atoms with van der Waals surface area (Å²) >= 11 is 0. The summed E-state index contributed by atoms with van der Waals surface area (Å²) in [5.74, 6) is 0.550. The van der Waals surface area contributed by atoms with Crippen molar-refractivity contribution < 1.29 is 4.79 Å². The average Bonchev–Trinajstić information content (AvgIpc) is 2.50. The molecule has 124 valence electrons. The molecular formula is C18H31N3O. The van der Waals surface area contributed by atoms with E-state index in [4.69, 9.17) is 5.73 Å². The molecule has 1 aromatic rings. The van der Waals surface area contributed by atoms with Crippen molar-refractivity contribution in [1.82, 2.24) is 10.6 Å². The zero-order valence-corrected chi connectivity index (χ0v) is 14.1. The van der Waals surface area contributed by atoms with Crippen LogP contribution in [0, 0.1) is 5.92 Å². The third-order valence-electron chi connectivity index (χ3n) is 3.55. The summed E-state index contributed by atoms with van der Waals surface area (Å²) in [6.07, 6.45) is 2.63. The minimum Gasteiger partial charge on any atom is -0.354 e. The summed E-state index contributed by atoms with van der Waals surface area (Å²) in [6, 6.07) is 10.1. The lowest BCUT2D eigenvalue weighted by Gasteiger charge is -2.21. The summed E-state index contributed by atoms with van der Waals surface area (Å²) in [7, 11) is 0. The van der Waals surface area contributed by atoms with Crippen LogP contribution in [-0.2, 0) is 11.2 Å². The lowest BCUT2D eigenvalue weighted by atomic mass is 10.1. The van der Waals surface area contributed by atoms with E-state index >= 15 is 0 Å². The number of nitrogens with two attached hydrogens (primary N) is 1. The molecule has 4 nitrogen and oxygen atoms in total. The number of rotatable bonds is 10. The van der Waals surface area contributed by atoms with Crippen LogP contribution in [0.3, 0.4) is 0 Å². The summed E-state index contributed by atoms with van der Waals surface area (Å²) < 4.78 is 0. The molecule has 1 aromatic carbocycles. The van der Waals surface area contributed by atoms with Gasteiger partial charge in [-0.1, -0.05) is 57.5 Å². The summed E-state index contributed by atoms with van der Waals surface area (Å²) in [4.78, 5) is 12.2. The van der Waals surface area contributed by atoms with Crippen molar-refractivity contribution >= 4 is 5.91 Å². The van der Waals surface area contributed by atoms with Crippen molar-refractivity contribution in [2.24, 2.45) is 11.7 Å². The number of amides is 1. The molecule has 4 heteroatoms. The van der Waals surface area contributed by atoms with Crippen LogP contribution in [0.2, 0.25) is 0 Å². The quantitative estimate of drug-likeness (QED) is 0.620. The lowest BCUT2D eigenvalue weighted by Crippen LogP contribution is -2.49. The summed E-state index contributed by atoms with van der Waals surface area (Å²) in [5, 5.41) is 6.33. The first-order chi connectivity index (χ1) is 10.5. The molecule has 0 saturated carbocycles. The van der Waals surface area contributed by atoms with Gasteiger partial charge >= 0.3 is 0 Å². The summed E-state index contributed by atoms with van der Waals surface area (Å²) in [6.45, 7) is 7.65. The van der Waals surface area contributed by atoms with E-state index in [-0.39, 0.29) is 18.0 Å². The Bertz CT molecular complexity index is 420. The normalized spacial score (nSPS) is 13.9. The monoisotopic (exact) mass is 305 g/mol. The van der Waals surface area contributed by atoms with Crippen LogP contribution in [0.4, 0.5) is 0 Å². The molecular weight excluding hydrogens is 274 g/mol. The van der Waals surface area contributed by atoms with Gasteiger partial charge in [0.25, 0.3) is 0 Å². The van der Waals surface area contributed by atoms with Gasteiger partial charge in [0.05, 0.1) is 6.04 Å². The van der Waals surface area contributed by atoms with Gasteiger partial charge in [0, 0.05) is 19.1 Å². The predicted octanol–water partition coefficient (Wildman–Crippen LogP) is 2.09. The zero-order chi connectivity index (χ0) is 16.4. The first-order valence-electron chi connectivity index (χ1n) is 8.33. The molecule has 0 saturated heterocycles. The summed E-state index contributed by atoms with van der Waals surface area (Å²) in [5.41, 5.74) is 7.41. The smallest absolute Gasteiger partial charge is 0.237 e. The molecule has 0 aromatic heterocycles. The van der Waals surface area contributed by atoms with Gasteiger partial charge in [0.1, 0.15) is 0 Å². The zero-order valence-electron chi connectivity index (χ0n) is 14.1. The molecule has 0 aliphatic heterocycles. The Hall–Kier alpha value is -1.39. The van der Waals surface area contributed by atoms with Crippen LogP contribution in [0.25, 0.3) is 0 Å². The van der Waals surface area contributed by atoms with Gasteiger partial charge in [-0.3, -0.25) is 4.79 Å². The highest BCUT2D eigenvalue weighted by Crippen LogP contribution is 2.03. The Kier molecular flexibility index (Phi) is 8.78. The first kappa shape index (κ1) is 18.7. The van der Waals surface area contributed by atoms with E-state index in [1.807, 2.05) is 18.2 Å². The van der Waals surface area contributed by atoms with Gasteiger partial charge in [-0.2, -0.15) is 0 Å². The van der Waals surface area contributed by atoms with Crippen LogP contribution < -0.4 is 16.4 Å². The molecule has 1 amide bonds. The fourth-order valence-electron chi connectivity index (χ4n) is 2.33. The van der Waals surface area contributed by atoms with Gasteiger partial charge in [-0.25, -0.2) is 0 Å². The Morgan fingerprint density at radius 3 is 2.45 bits per heavy atom. The Labute approximate surface area is 134 Å². The van der Waals surface area contributed by atoms with Crippen LogP contribution in [0.15, 0.2) is 30.3 Å². The van der Waals surface area contributed by atoms with E-state index in [0.717, 1.165) is 25.8 Å². The van der Waals surface area contributed by atoms with E-state index in [1.165, 1.54) is 5.56 Å².